The number of aliphatic carboxylic acids is 1. The molecule has 4 fully saturated rings. The third-order valence-electron chi connectivity index (χ3n) is 5.40. The second-order valence-electron chi connectivity index (χ2n) is 7.60. The van der Waals surface area contributed by atoms with Gasteiger partial charge in [-0.2, -0.15) is 0 Å². The number of hydrogen-bond donors (Lipinski definition) is 2. The monoisotopic (exact) mass is 251 g/mol. The second-order valence-corrected chi connectivity index (χ2v) is 7.60. The van der Waals surface area contributed by atoms with Crippen LogP contribution in [0.4, 0.5) is 0 Å². The Kier molecular flexibility index (Phi) is 2.74. The van der Waals surface area contributed by atoms with Crippen LogP contribution in [0.25, 0.3) is 0 Å². The molecule has 0 aromatic heterocycles. The van der Waals surface area contributed by atoms with Crippen molar-refractivity contribution in [3.8, 4) is 0 Å². The van der Waals surface area contributed by atoms with E-state index in [2.05, 4.69) is 19.2 Å². The summed E-state index contributed by atoms with van der Waals surface area (Å²) in [4.78, 5) is 11.7. The first-order valence-corrected chi connectivity index (χ1v) is 7.42. The van der Waals surface area contributed by atoms with Crippen molar-refractivity contribution in [1.29, 1.82) is 0 Å². The Balaban J connectivity index is 1.83. The molecule has 0 aromatic carbocycles. The first-order valence-electron chi connectivity index (χ1n) is 7.42. The fourth-order valence-electron chi connectivity index (χ4n) is 5.14. The third-order valence-corrected chi connectivity index (χ3v) is 5.40. The number of carboxylic acid groups (broad SMARTS) is 1. The van der Waals surface area contributed by atoms with E-state index in [1.54, 1.807) is 0 Å². The number of rotatable bonds is 4. The third kappa shape index (κ3) is 1.87. The molecule has 0 amide bonds. The molecular weight excluding hydrogens is 226 g/mol. The maximum atomic E-state index is 11.7. The van der Waals surface area contributed by atoms with Crippen LogP contribution in [-0.4, -0.2) is 23.2 Å². The maximum absolute atomic E-state index is 11.7. The standard InChI is InChI=1S/C15H25NO2/c1-10(2)8-16-15-6-11-3-12(7-15)5-14(4-11,9-15)13(17)18/h10-12,16H,3-9H2,1-2H3,(H,17,18). The zero-order valence-corrected chi connectivity index (χ0v) is 11.5. The van der Waals surface area contributed by atoms with E-state index in [1.807, 2.05) is 0 Å². The van der Waals surface area contributed by atoms with Crippen LogP contribution < -0.4 is 5.32 Å². The SMILES string of the molecule is CC(C)CNC12CC3CC(C1)CC(C(=O)O)(C3)C2. The summed E-state index contributed by atoms with van der Waals surface area (Å²) in [5, 5.41) is 13.4. The van der Waals surface area contributed by atoms with Gasteiger partial charge in [0, 0.05) is 5.54 Å². The number of nitrogens with one attached hydrogen (secondary N) is 1. The van der Waals surface area contributed by atoms with Gasteiger partial charge in [-0.1, -0.05) is 13.8 Å². The minimum absolute atomic E-state index is 0.146. The summed E-state index contributed by atoms with van der Waals surface area (Å²) in [6.07, 6.45) is 6.44. The lowest BCUT2D eigenvalue weighted by atomic mass is 9.47. The van der Waals surface area contributed by atoms with Crippen molar-refractivity contribution in [3.05, 3.63) is 0 Å². The molecule has 0 saturated heterocycles. The smallest absolute Gasteiger partial charge is 0.309 e. The molecule has 0 radical (unpaired) electrons. The van der Waals surface area contributed by atoms with E-state index < -0.39 is 11.4 Å². The van der Waals surface area contributed by atoms with Crippen molar-refractivity contribution in [2.75, 3.05) is 6.54 Å². The molecule has 4 rings (SSSR count). The van der Waals surface area contributed by atoms with Crippen LogP contribution >= 0.6 is 0 Å². The fourth-order valence-corrected chi connectivity index (χ4v) is 5.14. The summed E-state index contributed by atoms with van der Waals surface area (Å²) in [6.45, 7) is 5.47. The van der Waals surface area contributed by atoms with Gasteiger partial charge in [0.05, 0.1) is 5.41 Å². The summed E-state index contributed by atoms with van der Waals surface area (Å²) in [6, 6.07) is 0. The van der Waals surface area contributed by atoms with Crippen molar-refractivity contribution in [2.24, 2.45) is 23.2 Å². The van der Waals surface area contributed by atoms with Gasteiger partial charge in [-0.05, 0) is 62.8 Å². The summed E-state index contributed by atoms with van der Waals surface area (Å²) in [5.41, 5.74) is -0.249. The molecule has 4 aliphatic rings. The molecule has 4 bridgehead atoms. The van der Waals surface area contributed by atoms with E-state index in [-0.39, 0.29) is 5.54 Å². The van der Waals surface area contributed by atoms with Gasteiger partial charge in [0.1, 0.15) is 0 Å². The predicted octanol–water partition coefficient (Wildman–Crippen LogP) is 2.66. The van der Waals surface area contributed by atoms with Crippen LogP contribution in [0.2, 0.25) is 0 Å². The Bertz CT molecular complexity index is 350. The number of carbonyl (C=O) groups is 1. The van der Waals surface area contributed by atoms with Gasteiger partial charge in [0.2, 0.25) is 0 Å². The highest BCUT2D eigenvalue weighted by molar-refractivity contribution is 5.75. The average Bonchev–Trinajstić information content (AvgIpc) is 2.24. The van der Waals surface area contributed by atoms with Crippen LogP contribution in [0.1, 0.15) is 52.4 Å². The van der Waals surface area contributed by atoms with Gasteiger partial charge >= 0.3 is 5.97 Å². The average molecular weight is 251 g/mol. The zero-order chi connectivity index (χ0) is 13.0. The summed E-state index contributed by atoms with van der Waals surface area (Å²) >= 11 is 0. The summed E-state index contributed by atoms with van der Waals surface area (Å²) in [5.74, 6) is 1.41. The molecule has 3 heteroatoms. The highest BCUT2D eigenvalue weighted by atomic mass is 16.4. The van der Waals surface area contributed by atoms with E-state index in [1.165, 1.54) is 19.3 Å². The van der Waals surface area contributed by atoms with Crippen LogP contribution in [0.15, 0.2) is 0 Å². The lowest BCUT2D eigenvalue weighted by Crippen LogP contribution is -2.64. The molecule has 2 N–H and O–H groups in total. The Morgan fingerprint density at radius 3 is 2.39 bits per heavy atom. The molecule has 0 spiro atoms. The Hall–Kier alpha value is -0.570. The zero-order valence-electron chi connectivity index (χ0n) is 11.5. The molecule has 4 aliphatic carbocycles. The largest absolute Gasteiger partial charge is 0.481 e. The number of hydrogen-bond acceptors (Lipinski definition) is 2. The van der Waals surface area contributed by atoms with Gasteiger partial charge in [-0.3, -0.25) is 4.79 Å². The summed E-state index contributed by atoms with van der Waals surface area (Å²) < 4.78 is 0. The molecule has 0 aliphatic heterocycles. The second kappa shape index (κ2) is 3.96. The highest BCUT2D eigenvalue weighted by Crippen LogP contribution is 2.61. The van der Waals surface area contributed by atoms with Crippen LogP contribution in [0.5, 0.6) is 0 Å². The maximum Gasteiger partial charge on any atom is 0.309 e. The predicted molar refractivity (Wildman–Crippen MR) is 70.3 cm³/mol. The van der Waals surface area contributed by atoms with Crippen LogP contribution in [0.3, 0.4) is 0 Å². The Labute approximate surface area is 109 Å². The lowest BCUT2D eigenvalue weighted by Gasteiger charge is -2.61. The van der Waals surface area contributed by atoms with Crippen molar-refractivity contribution in [2.45, 2.75) is 57.9 Å². The molecule has 2 unspecified atom stereocenters. The topological polar surface area (TPSA) is 49.3 Å². The molecule has 3 nitrogen and oxygen atoms in total. The molecule has 102 valence electrons. The van der Waals surface area contributed by atoms with Crippen molar-refractivity contribution in [1.82, 2.24) is 5.32 Å². The highest BCUT2D eigenvalue weighted by Gasteiger charge is 2.60. The number of carboxylic acids is 1. The normalized spacial score (nSPS) is 45.7. The van der Waals surface area contributed by atoms with Gasteiger partial charge < -0.3 is 10.4 Å². The first-order chi connectivity index (χ1) is 8.43. The van der Waals surface area contributed by atoms with Crippen LogP contribution in [0, 0.1) is 23.2 Å². The lowest BCUT2D eigenvalue weighted by molar-refractivity contribution is -0.168. The molecule has 18 heavy (non-hydrogen) atoms. The quantitative estimate of drug-likeness (QED) is 0.807. The molecule has 4 saturated carbocycles. The van der Waals surface area contributed by atoms with E-state index in [9.17, 15) is 9.90 Å². The Morgan fingerprint density at radius 2 is 1.89 bits per heavy atom. The minimum atomic E-state index is -0.535. The van der Waals surface area contributed by atoms with Crippen molar-refractivity contribution in [3.63, 3.8) is 0 Å². The molecule has 0 heterocycles. The first kappa shape index (κ1) is 12.5. The molecule has 0 aromatic rings. The van der Waals surface area contributed by atoms with Crippen molar-refractivity contribution >= 4 is 5.97 Å². The van der Waals surface area contributed by atoms with Crippen molar-refractivity contribution < 1.29 is 9.90 Å². The van der Waals surface area contributed by atoms with E-state index in [0.717, 1.165) is 25.8 Å². The van der Waals surface area contributed by atoms with E-state index >= 15 is 0 Å². The van der Waals surface area contributed by atoms with E-state index in [0.29, 0.717) is 17.8 Å². The fraction of sp³-hybridized carbons (Fsp3) is 0.933. The Morgan fingerprint density at radius 1 is 1.28 bits per heavy atom. The minimum Gasteiger partial charge on any atom is -0.481 e. The van der Waals surface area contributed by atoms with Gasteiger partial charge in [-0.15, -0.1) is 0 Å². The van der Waals surface area contributed by atoms with Gasteiger partial charge in [0.25, 0.3) is 0 Å². The molecule has 2 atom stereocenters. The van der Waals surface area contributed by atoms with Crippen LogP contribution in [-0.2, 0) is 4.79 Å². The van der Waals surface area contributed by atoms with E-state index in [4.69, 9.17) is 0 Å². The van der Waals surface area contributed by atoms with Gasteiger partial charge in [-0.25, -0.2) is 0 Å². The molecular formula is C15H25NO2. The van der Waals surface area contributed by atoms with Gasteiger partial charge in [0.15, 0.2) is 0 Å². The summed E-state index contributed by atoms with van der Waals surface area (Å²) in [7, 11) is 0.